The highest BCUT2D eigenvalue weighted by Gasteiger charge is 2.61. The van der Waals surface area contributed by atoms with Crippen molar-refractivity contribution in [3.63, 3.8) is 0 Å². The summed E-state index contributed by atoms with van der Waals surface area (Å²) in [6, 6.07) is 0. The van der Waals surface area contributed by atoms with Gasteiger partial charge < -0.3 is 8.85 Å². The van der Waals surface area contributed by atoms with E-state index in [0.717, 1.165) is 17.8 Å². The molecule has 0 radical (unpaired) electrons. The minimum Gasteiger partial charge on any atom is -0.397 e. The summed E-state index contributed by atoms with van der Waals surface area (Å²) in [5.41, 5.74) is 0. The highest BCUT2D eigenvalue weighted by Crippen LogP contribution is 2.67. The van der Waals surface area contributed by atoms with E-state index in [1.54, 1.807) is 0 Å². The van der Waals surface area contributed by atoms with E-state index in [4.69, 9.17) is 8.85 Å². The van der Waals surface area contributed by atoms with Gasteiger partial charge in [-0.15, -0.1) is 0 Å². The Morgan fingerprint density at radius 2 is 1.25 bits per heavy atom. The van der Waals surface area contributed by atoms with E-state index in [-0.39, 0.29) is 0 Å². The Balaban J connectivity index is 1.93. The summed E-state index contributed by atoms with van der Waals surface area (Å²) in [5, 5.41) is 0.450. The standard InChI is InChI=1S/C13H24O2Si/c1-14-16(3,15-2)13-7-10-4-11(8-13)6-12(5-10)9-13/h10-12H,4-9H2,1-3H3. The summed E-state index contributed by atoms with van der Waals surface area (Å²) >= 11 is 0. The van der Waals surface area contributed by atoms with Crippen molar-refractivity contribution in [3.8, 4) is 0 Å². The molecule has 0 aromatic rings. The zero-order chi connectivity index (χ0) is 11.4. The predicted octanol–water partition coefficient (Wildman–Crippen LogP) is 3.32. The zero-order valence-electron chi connectivity index (χ0n) is 10.8. The normalized spacial score (nSPS) is 46.3. The molecule has 0 aromatic heterocycles. The average Bonchev–Trinajstić information content (AvgIpc) is 2.26. The molecule has 4 aliphatic carbocycles. The Morgan fingerprint density at radius 1 is 0.875 bits per heavy atom. The lowest BCUT2D eigenvalue weighted by molar-refractivity contribution is 0.00299. The largest absolute Gasteiger partial charge is 0.397 e. The maximum atomic E-state index is 5.89. The molecule has 0 aliphatic heterocycles. The molecule has 0 amide bonds. The third-order valence-electron chi connectivity index (χ3n) is 5.78. The van der Waals surface area contributed by atoms with E-state index in [0.29, 0.717) is 5.04 Å². The van der Waals surface area contributed by atoms with Gasteiger partial charge in [0.1, 0.15) is 0 Å². The van der Waals surface area contributed by atoms with Gasteiger partial charge in [-0.2, -0.15) is 0 Å². The molecule has 4 saturated carbocycles. The summed E-state index contributed by atoms with van der Waals surface area (Å²) < 4.78 is 11.8. The summed E-state index contributed by atoms with van der Waals surface area (Å²) in [6.07, 6.45) is 8.67. The van der Waals surface area contributed by atoms with Gasteiger partial charge in [-0.1, -0.05) is 0 Å². The van der Waals surface area contributed by atoms with Crippen LogP contribution in [-0.2, 0) is 8.85 Å². The average molecular weight is 240 g/mol. The first-order valence-corrected chi connectivity index (χ1v) is 9.03. The minimum atomic E-state index is -1.95. The molecule has 0 unspecified atom stereocenters. The molecule has 4 aliphatic rings. The van der Waals surface area contributed by atoms with Gasteiger partial charge in [0.15, 0.2) is 0 Å². The van der Waals surface area contributed by atoms with Crippen LogP contribution in [0.5, 0.6) is 0 Å². The van der Waals surface area contributed by atoms with E-state index in [9.17, 15) is 0 Å². The molecule has 16 heavy (non-hydrogen) atoms. The lowest BCUT2D eigenvalue weighted by Crippen LogP contribution is -2.57. The van der Waals surface area contributed by atoms with Crippen LogP contribution in [-0.4, -0.2) is 22.8 Å². The molecule has 4 rings (SSSR count). The summed E-state index contributed by atoms with van der Waals surface area (Å²) in [5.74, 6) is 2.97. The van der Waals surface area contributed by atoms with Crippen LogP contribution in [0.25, 0.3) is 0 Å². The predicted molar refractivity (Wildman–Crippen MR) is 66.5 cm³/mol. The van der Waals surface area contributed by atoms with Crippen molar-refractivity contribution in [1.29, 1.82) is 0 Å². The highest BCUT2D eigenvalue weighted by atomic mass is 28.4. The maximum absolute atomic E-state index is 5.89. The number of hydrogen-bond acceptors (Lipinski definition) is 2. The van der Waals surface area contributed by atoms with Crippen LogP contribution in [0.4, 0.5) is 0 Å². The Bertz CT molecular complexity index is 250. The fourth-order valence-corrected chi connectivity index (χ4v) is 8.19. The van der Waals surface area contributed by atoms with Crippen molar-refractivity contribution in [2.75, 3.05) is 14.2 Å². The second kappa shape index (κ2) is 3.56. The molecule has 0 saturated heterocycles. The Kier molecular flexibility index (Phi) is 2.50. The van der Waals surface area contributed by atoms with Crippen molar-refractivity contribution in [3.05, 3.63) is 0 Å². The summed E-state index contributed by atoms with van der Waals surface area (Å²) in [6.45, 7) is 2.29. The van der Waals surface area contributed by atoms with Crippen LogP contribution < -0.4 is 0 Å². The van der Waals surface area contributed by atoms with E-state index in [1.807, 2.05) is 14.2 Å². The van der Waals surface area contributed by atoms with Gasteiger partial charge in [0.05, 0.1) is 0 Å². The second-order valence-electron chi connectivity index (χ2n) is 6.55. The maximum Gasteiger partial charge on any atom is 0.340 e. The van der Waals surface area contributed by atoms with E-state index in [2.05, 4.69) is 6.55 Å². The summed E-state index contributed by atoms with van der Waals surface area (Å²) in [7, 11) is 1.79. The quantitative estimate of drug-likeness (QED) is 0.705. The highest BCUT2D eigenvalue weighted by molar-refractivity contribution is 6.69. The van der Waals surface area contributed by atoms with Gasteiger partial charge >= 0.3 is 8.56 Å². The van der Waals surface area contributed by atoms with Crippen molar-refractivity contribution < 1.29 is 8.85 Å². The van der Waals surface area contributed by atoms with Crippen LogP contribution >= 0.6 is 0 Å². The molecule has 0 aromatic carbocycles. The van der Waals surface area contributed by atoms with Crippen LogP contribution in [0.15, 0.2) is 0 Å². The van der Waals surface area contributed by atoms with Crippen molar-refractivity contribution in [1.82, 2.24) is 0 Å². The van der Waals surface area contributed by atoms with Crippen molar-refractivity contribution >= 4 is 8.56 Å². The molecule has 3 heteroatoms. The SMILES string of the molecule is CO[Si](C)(OC)C12CC3CC(CC(C3)C1)C2. The summed E-state index contributed by atoms with van der Waals surface area (Å²) in [4.78, 5) is 0. The lowest BCUT2D eigenvalue weighted by atomic mass is 9.56. The lowest BCUT2D eigenvalue weighted by Gasteiger charge is -2.60. The Hall–Kier alpha value is 0.137. The molecule has 92 valence electrons. The van der Waals surface area contributed by atoms with Crippen LogP contribution in [0.1, 0.15) is 38.5 Å². The van der Waals surface area contributed by atoms with Crippen LogP contribution in [0, 0.1) is 17.8 Å². The van der Waals surface area contributed by atoms with Gasteiger partial charge in [0, 0.05) is 19.3 Å². The third-order valence-corrected chi connectivity index (χ3v) is 9.88. The molecular weight excluding hydrogens is 216 g/mol. The minimum absolute atomic E-state index is 0.450. The first-order chi connectivity index (χ1) is 7.61. The molecule has 0 atom stereocenters. The molecule has 0 spiro atoms. The zero-order valence-corrected chi connectivity index (χ0v) is 11.8. The Labute approximate surface area is 100.0 Å². The van der Waals surface area contributed by atoms with Gasteiger partial charge in [-0.3, -0.25) is 0 Å². The van der Waals surface area contributed by atoms with Gasteiger partial charge in [0.25, 0.3) is 0 Å². The monoisotopic (exact) mass is 240 g/mol. The smallest absolute Gasteiger partial charge is 0.340 e. The molecule has 2 nitrogen and oxygen atoms in total. The molecule has 4 bridgehead atoms. The number of hydrogen-bond donors (Lipinski definition) is 0. The molecular formula is C13H24O2Si. The molecule has 0 N–H and O–H groups in total. The van der Waals surface area contributed by atoms with Gasteiger partial charge in [-0.05, 0) is 62.8 Å². The van der Waals surface area contributed by atoms with Crippen LogP contribution in [0.2, 0.25) is 11.6 Å². The number of rotatable bonds is 3. The van der Waals surface area contributed by atoms with Crippen molar-refractivity contribution in [2.45, 2.75) is 50.1 Å². The fraction of sp³-hybridized carbons (Fsp3) is 1.00. The van der Waals surface area contributed by atoms with E-state index >= 15 is 0 Å². The molecule has 4 fully saturated rings. The second-order valence-corrected chi connectivity index (χ2v) is 10.3. The first-order valence-electron chi connectivity index (χ1n) is 6.71. The molecule has 0 heterocycles. The van der Waals surface area contributed by atoms with Crippen LogP contribution in [0.3, 0.4) is 0 Å². The van der Waals surface area contributed by atoms with Gasteiger partial charge in [-0.25, -0.2) is 0 Å². The van der Waals surface area contributed by atoms with Crippen molar-refractivity contribution in [2.24, 2.45) is 17.8 Å². The van der Waals surface area contributed by atoms with Gasteiger partial charge in [0.2, 0.25) is 0 Å². The third kappa shape index (κ3) is 1.37. The van der Waals surface area contributed by atoms with E-state index in [1.165, 1.54) is 38.5 Å². The fourth-order valence-electron chi connectivity index (χ4n) is 5.18. The topological polar surface area (TPSA) is 18.5 Å². The first kappa shape index (κ1) is 11.2. The Morgan fingerprint density at radius 3 is 1.56 bits per heavy atom. The van der Waals surface area contributed by atoms with E-state index < -0.39 is 8.56 Å².